The summed E-state index contributed by atoms with van der Waals surface area (Å²) in [5.74, 6) is -0.0735. The highest BCUT2D eigenvalue weighted by Gasteiger charge is 2.12. The van der Waals surface area contributed by atoms with Crippen molar-refractivity contribution < 1.29 is 4.79 Å². The van der Waals surface area contributed by atoms with Crippen LogP contribution in [0.3, 0.4) is 0 Å². The standard InChI is InChI=1S/C22H23N5O2/c1-15(2)21(28)23-10-11-27-20-19(12-25-27)22(29)26(14-24-20)13-17-8-5-7-16-6-3-4-9-18(16)17/h3-9,12,14-15H,10-11,13H2,1-2H3,(H,23,28). The molecule has 1 amide bonds. The number of aromatic nitrogens is 4. The maximum Gasteiger partial charge on any atom is 0.264 e. The lowest BCUT2D eigenvalue weighted by molar-refractivity contribution is -0.124. The van der Waals surface area contributed by atoms with Crippen LogP contribution in [0.4, 0.5) is 0 Å². The second-order valence-electron chi connectivity index (χ2n) is 7.37. The molecule has 0 atom stereocenters. The Morgan fingerprint density at radius 3 is 2.72 bits per heavy atom. The van der Waals surface area contributed by atoms with Gasteiger partial charge in [0.15, 0.2) is 5.65 Å². The van der Waals surface area contributed by atoms with E-state index in [2.05, 4.69) is 33.6 Å². The van der Waals surface area contributed by atoms with Crippen molar-refractivity contribution in [1.82, 2.24) is 24.6 Å². The maximum absolute atomic E-state index is 13.0. The van der Waals surface area contributed by atoms with E-state index < -0.39 is 0 Å². The number of hydrogen-bond donors (Lipinski definition) is 1. The predicted molar refractivity (Wildman–Crippen MR) is 113 cm³/mol. The SMILES string of the molecule is CC(C)C(=O)NCCn1ncc2c(=O)n(Cc3cccc4ccccc34)cnc21. The van der Waals surface area contributed by atoms with Gasteiger partial charge >= 0.3 is 0 Å². The first-order chi connectivity index (χ1) is 14.0. The molecule has 0 aliphatic heterocycles. The molecule has 7 nitrogen and oxygen atoms in total. The molecule has 0 saturated heterocycles. The second kappa shape index (κ2) is 7.87. The number of benzene rings is 2. The summed E-state index contributed by atoms with van der Waals surface area (Å²) >= 11 is 0. The van der Waals surface area contributed by atoms with Gasteiger partial charge in [-0.2, -0.15) is 5.10 Å². The van der Waals surface area contributed by atoms with Crippen LogP contribution >= 0.6 is 0 Å². The molecular formula is C22H23N5O2. The van der Waals surface area contributed by atoms with Gasteiger partial charge in [0.1, 0.15) is 11.7 Å². The summed E-state index contributed by atoms with van der Waals surface area (Å²) in [7, 11) is 0. The first-order valence-electron chi connectivity index (χ1n) is 9.70. The van der Waals surface area contributed by atoms with Crippen LogP contribution in [0.2, 0.25) is 0 Å². The van der Waals surface area contributed by atoms with E-state index in [1.165, 1.54) is 0 Å². The van der Waals surface area contributed by atoms with Gasteiger partial charge in [-0.05, 0) is 16.3 Å². The fraction of sp³-hybridized carbons (Fsp3) is 0.273. The monoisotopic (exact) mass is 389 g/mol. The average Bonchev–Trinajstić information content (AvgIpc) is 3.14. The van der Waals surface area contributed by atoms with E-state index in [4.69, 9.17) is 0 Å². The van der Waals surface area contributed by atoms with Crippen LogP contribution < -0.4 is 10.9 Å². The fourth-order valence-electron chi connectivity index (χ4n) is 3.38. The minimum Gasteiger partial charge on any atom is -0.354 e. The maximum atomic E-state index is 13.0. The quantitative estimate of drug-likeness (QED) is 0.549. The largest absolute Gasteiger partial charge is 0.354 e. The molecule has 2 heterocycles. The molecule has 7 heteroatoms. The van der Waals surface area contributed by atoms with Crippen LogP contribution in [-0.4, -0.2) is 31.8 Å². The van der Waals surface area contributed by atoms with Gasteiger partial charge in [0.05, 0.1) is 19.3 Å². The van der Waals surface area contributed by atoms with Crippen molar-refractivity contribution >= 4 is 27.7 Å². The van der Waals surface area contributed by atoms with Crippen molar-refractivity contribution in [3.8, 4) is 0 Å². The van der Waals surface area contributed by atoms with Crippen molar-refractivity contribution in [3.63, 3.8) is 0 Å². The molecule has 0 fully saturated rings. The molecule has 0 bridgehead atoms. The van der Waals surface area contributed by atoms with Crippen LogP contribution in [0, 0.1) is 5.92 Å². The number of nitrogens with zero attached hydrogens (tertiary/aromatic N) is 4. The van der Waals surface area contributed by atoms with Gasteiger partial charge in [0.2, 0.25) is 5.91 Å². The highest BCUT2D eigenvalue weighted by molar-refractivity contribution is 5.85. The normalized spacial score (nSPS) is 11.4. The van der Waals surface area contributed by atoms with Crippen molar-refractivity contribution in [2.75, 3.05) is 6.54 Å². The van der Waals surface area contributed by atoms with E-state index in [1.807, 2.05) is 38.1 Å². The average molecular weight is 389 g/mol. The number of amides is 1. The molecule has 1 N–H and O–H groups in total. The Morgan fingerprint density at radius 2 is 1.90 bits per heavy atom. The van der Waals surface area contributed by atoms with Crippen LogP contribution in [-0.2, 0) is 17.9 Å². The summed E-state index contributed by atoms with van der Waals surface area (Å²) in [6.45, 7) is 5.03. The van der Waals surface area contributed by atoms with Crippen molar-refractivity contribution in [2.24, 2.45) is 5.92 Å². The third-order valence-electron chi connectivity index (χ3n) is 4.99. The fourth-order valence-corrected chi connectivity index (χ4v) is 3.38. The van der Waals surface area contributed by atoms with Crippen LogP contribution in [0.1, 0.15) is 19.4 Å². The van der Waals surface area contributed by atoms with Gasteiger partial charge in [-0.15, -0.1) is 0 Å². The number of nitrogens with one attached hydrogen (secondary N) is 1. The highest BCUT2D eigenvalue weighted by atomic mass is 16.2. The zero-order chi connectivity index (χ0) is 20.4. The van der Waals surface area contributed by atoms with Crippen molar-refractivity contribution in [3.05, 3.63) is 70.9 Å². The van der Waals surface area contributed by atoms with Gasteiger partial charge < -0.3 is 5.32 Å². The molecule has 2 aromatic heterocycles. The first-order valence-corrected chi connectivity index (χ1v) is 9.70. The van der Waals surface area contributed by atoms with Gasteiger partial charge in [-0.3, -0.25) is 14.2 Å². The number of hydrogen-bond acceptors (Lipinski definition) is 4. The predicted octanol–water partition coefficient (Wildman–Crippen LogP) is 2.57. The lowest BCUT2D eigenvalue weighted by atomic mass is 10.0. The highest BCUT2D eigenvalue weighted by Crippen LogP contribution is 2.19. The van der Waals surface area contributed by atoms with E-state index in [1.54, 1.807) is 21.8 Å². The molecule has 4 aromatic rings. The molecule has 0 aliphatic rings. The number of fused-ring (bicyclic) bond motifs is 2. The summed E-state index contributed by atoms with van der Waals surface area (Å²) in [6.07, 6.45) is 3.12. The number of carbonyl (C=O) groups is 1. The smallest absolute Gasteiger partial charge is 0.264 e. The molecule has 0 spiro atoms. The third kappa shape index (κ3) is 3.76. The van der Waals surface area contributed by atoms with E-state index in [9.17, 15) is 9.59 Å². The Bertz CT molecular complexity index is 1230. The Hall–Kier alpha value is -3.48. The van der Waals surface area contributed by atoms with Gasteiger partial charge in [0, 0.05) is 12.5 Å². The van der Waals surface area contributed by atoms with Gasteiger partial charge in [-0.25, -0.2) is 9.67 Å². The summed E-state index contributed by atoms with van der Waals surface area (Å²) < 4.78 is 3.26. The van der Waals surface area contributed by atoms with Crippen LogP contribution in [0.25, 0.3) is 21.8 Å². The molecular weight excluding hydrogens is 366 g/mol. The van der Waals surface area contributed by atoms with Gasteiger partial charge in [0.25, 0.3) is 5.56 Å². The Labute approximate surface area is 168 Å². The second-order valence-corrected chi connectivity index (χ2v) is 7.37. The minimum absolute atomic E-state index is 0.00753. The van der Waals surface area contributed by atoms with Crippen molar-refractivity contribution in [1.29, 1.82) is 0 Å². The Balaban J connectivity index is 1.59. The van der Waals surface area contributed by atoms with E-state index in [0.717, 1.165) is 16.3 Å². The van der Waals surface area contributed by atoms with E-state index in [0.29, 0.717) is 30.7 Å². The summed E-state index contributed by atoms with van der Waals surface area (Å²) in [5.41, 5.74) is 1.47. The van der Waals surface area contributed by atoms with E-state index in [-0.39, 0.29) is 17.4 Å². The molecule has 0 aliphatic carbocycles. The molecule has 0 unspecified atom stereocenters. The molecule has 29 heavy (non-hydrogen) atoms. The van der Waals surface area contributed by atoms with Crippen LogP contribution in [0.5, 0.6) is 0 Å². The van der Waals surface area contributed by atoms with Crippen LogP contribution in [0.15, 0.2) is 59.8 Å². The zero-order valence-electron chi connectivity index (χ0n) is 16.5. The molecule has 4 rings (SSSR count). The summed E-state index contributed by atoms with van der Waals surface area (Å²) in [6, 6.07) is 14.2. The van der Waals surface area contributed by atoms with Crippen molar-refractivity contribution in [2.45, 2.75) is 26.9 Å². The first kappa shape index (κ1) is 18.9. The van der Waals surface area contributed by atoms with Gasteiger partial charge in [-0.1, -0.05) is 56.3 Å². The Kier molecular flexibility index (Phi) is 5.12. The lowest BCUT2D eigenvalue weighted by Crippen LogP contribution is -2.31. The Morgan fingerprint density at radius 1 is 1.10 bits per heavy atom. The van der Waals surface area contributed by atoms with E-state index >= 15 is 0 Å². The number of carbonyl (C=O) groups excluding carboxylic acids is 1. The summed E-state index contributed by atoms with van der Waals surface area (Å²) in [4.78, 5) is 29.1. The minimum atomic E-state index is -0.125. The third-order valence-corrected chi connectivity index (χ3v) is 4.99. The molecule has 2 aromatic carbocycles. The molecule has 148 valence electrons. The topological polar surface area (TPSA) is 81.8 Å². The molecule has 0 saturated carbocycles. The number of rotatable bonds is 6. The lowest BCUT2D eigenvalue weighted by Gasteiger charge is -2.10. The molecule has 0 radical (unpaired) electrons. The summed E-state index contributed by atoms with van der Waals surface area (Å²) in [5, 5.41) is 9.88. The zero-order valence-corrected chi connectivity index (χ0v) is 16.5.